The molecule has 1 aliphatic rings. The van der Waals surface area contributed by atoms with Crippen LogP contribution >= 0.6 is 0 Å². The van der Waals surface area contributed by atoms with Gasteiger partial charge in [-0.1, -0.05) is 18.7 Å². The van der Waals surface area contributed by atoms with Crippen LogP contribution in [0.25, 0.3) is 0 Å². The lowest BCUT2D eigenvalue weighted by atomic mass is 9.76. The van der Waals surface area contributed by atoms with E-state index in [1.165, 1.54) is 13.0 Å². The van der Waals surface area contributed by atoms with Crippen LogP contribution in [0.1, 0.15) is 39.0 Å². The summed E-state index contributed by atoms with van der Waals surface area (Å²) in [4.78, 5) is 35.5. The summed E-state index contributed by atoms with van der Waals surface area (Å²) >= 11 is 0. The van der Waals surface area contributed by atoms with Crippen molar-refractivity contribution in [1.29, 1.82) is 0 Å². The second-order valence-electron chi connectivity index (χ2n) is 5.73. The van der Waals surface area contributed by atoms with E-state index >= 15 is 0 Å². The van der Waals surface area contributed by atoms with Gasteiger partial charge in [-0.3, -0.25) is 14.4 Å². The maximum Gasteiger partial charge on any atom is 0.325 e. The standard InChI is InChI=1S/C17H25NO5/c1-4-7-14-8-6-9-17(11-14,23-13(3)19)16(21)18-12-15(20)22-10-5-2/h4-5,14H,1-2,6-12H2,3H3,(H,18,21). The van der Waals surface area contributed by atoms with E-state index in [-0.39, 0.29) is 19.1 Å². The number of carbonyl (C=O) groups is 3. The summed E-state index contributed by atoms with van der Waals surface area (Å²) in [5.41, 5.74) is -1.21. The molecule has 0 aliphatic heterocycles. The van der Waals surface area contributed by atoms with Crippen LogP contribution in [0.15, 0.2) is 25.3 Å². The second kappa shape index (κ2) is 9.12. The molecular weight excluding hydrogens is 298 g/mol. The van der Waals surface area contributed by atoms with Gasteiger partial charge in [-0.2, -0.15) is 0 Å². The third-order valence-electron chi connectivity index (χ3n) is 3.82. The van der Waals surface area contributed by atoms with Gasteiger partial charge in [0.15, 0.2) is 5.60 Å². The molecule has 0 heterocycles. The highest BCUT2D eigenvalue weighted by atomic mass is 16.6. The van der Waals surface area contributed by atoms with E-state index in [0.29, 0.717) is 12.8 Å². The van der Waals surface area contributed by atoms with Crippen molar-refractivity contribution in [2.75, 3.05) is 13.2 Å². The Balaban J connectivity index is 2.73. The monoisotopic (exact) mass is 323 g/mol. The summed E-state index contributed by atoms with van der Waals surface area (Å²) in [6, 6.07) is 0. The molecule has 1 rings (SSSR count). The molecule has 1 fully saturated rings. The lowest BCUT2D eigenvalue weighted by molar-refractivity contribution is -0.172. The summed E-state index contributed by atoms with van der Waals surface area (Å²) < 4.78 is 10.2. The van der Waals surface area contributed by atoms with Gasteiger partial charge in [-0.15, -0.1) is 6.58 Å². The first kappa shape index (κ1) is 18.9. The SMILES string of the molecule is C=CCOC(=O)CNC(=O)C1(OC(C)=O)CCCC(CC=C)C1. The first-order valence-corrected chi connectivity index (χ1v) is 7.79. The molecule has 1 amide bonds. The zero-order valence-corrected chi connectivity index (χ0v) is 13.6. The molecule has 1 aliphatic carbocycles. The molecule has 2 unspecified atom stereocenters. The quantitative estimate of drug-likeness (QED) is 0.545. The molecule has 0 aromatic heterocycles. The number of carbonyl (C=O) groups excluding carboxylic acids is 3. The first-order chi connectivity index (χ1) is 10.9. The highest BCUT2D eigenvalue weighted by Crippen LogP contribution is 2.37. The third-order valence-corrected chi connectivity index (χ3v) is 3.82. The number of esters is 2. The summed E-state index contributed by atoms with van der Waals surface area (Å²) in [5.74, 6) is -1.28. The number of amides is 1. The Kier molecular flexibility index (Phi) is 7.51. The molecule has 2 atom stereocenters. The average Bonchev–Trinajstić information content (AvgIpc) is 2.50. The second-order valence-corrected chi connectivity index (χ2v) is 5.73. The van der Waals surface area contributed by atoms with Gasteiger partial charge in [-0.05, 0) is 38.0 Å². The largest absolute Gasteiger partial charge is 0.460 e. The van der Waals surface area contributed by atoms with Crippen molar-refractivity contribution in [3.8, 4) is 0 Å². The lowest BCUT2D eigenvalue weighted by Crippen LogP contribution is -2.53. The van der Waals surface area contributed by atoms with Crippen LogP contribution in [-0.2, 0) is 23.9 Å². The molecule has 128 valence electrons. The Hall–Kier alpha value is -2.11. The number of allylic oxidation sites excluding steroid dienone is 1. The molecule has 6 heteroatoms. The topological polar surface area (TPSA) is 81.7 Å². The van der Waals surface area contributed by atoms with Crippen molar-refractivity contribution < 1.29 is 23.9 Å². The predicted octanol–water partition coefficient (Wildman–Crippen LogP) is 1.90. The zero-order valence-electron chi connectivity index (χ0n) is 13.6. The van der Waals surface area contributed by atoms with Gasteiger partial charge in [0.05, 0.1) is 0 Å². The highest BCUT2D eigenvalue weighted by Gasteiger charge is 2.45. The van der Waals surface area contributed by atoms with Crippen LogP contribution < -0.4 is 5.32 Å². The first-order valence-electron chi connectivity index (χ1n) is 7.79. The Labute approximate surface area is 136 Å². The van der Waals surface area contributed by atoms with E-state index in [4.69, 9.17) is 9.47 Å². The average molecular weight is 323 g/mol. The summed E-state index contributed by atoms with van der Waals surface area (Å²) in [7, 11) is 0. The number of rotatable bonds is 8. The molecule has 0 bridgehead atoms. The van der Waals surface area contributed by atoms with Gasteiger partial charge >= 0.3 is 11.9 Å². The van der Waals surface area contributed by atoms with Crippen molar-refractivity contribution in [3.05, 3.63) is 25.3 Å². The molecule has 0 saturated heterocycles. The van der Waals surface area contributed by atoms with E-state index in [1.54, 1.807) is 6.08 Å². The fourth-order valence-electron chi connectivity index (χ4n) is 2.92. The Morgan fingerprint density at radius 1 is 1.30 bits per heavy atom. The van der Waals surface area contributed by atoms with Gasteiger partial charge in [0.2, 0.25) is 0 Å². The van der Waals surface area contributed by atoms with Crippen molar-refractivity contribution >= 4 is 17.8 Å². The molecule has 6 nitrogen and oxygen atoms in total. The summed E-state index contributed by atoms with van der Waals surface area (Å²) in [6.07, 6.45) is 6.64. The van der Waals surface area contributed by atoms with E-state index in [2.05, 4.69) is 18.5 Å². The third kappa shape index (κ3) is 5.88. The van der Waals surface area contributed by atoms with Crippen molar-refractivity contribution in [2.45, 2.75) is 44.6 Å². The number of hydrogen-bond donors (Lipinski definition) is 1. The fourth-order valence-corrected chi connectivity index (χ4v) is 2.92. The van der Waals surface area contributed by atoms with Crippen LogP contribution in [0, 0.1) is 5.92 Å². The molecule has 0 aromatic carbocycles. The van der Waals surface area contributed by atoms with E-state index in [1.807, 2.05) is 0 Å². The minimum Gasteiger partial charge on any atom is -0.460 e. The molecule has 0 spiro atoms. The van der Waals surface area contributed by atoms with E-state index in [9.17, 15) is 14.4 Å². The minimum absolute atomic E-state index is 0.0885. The van der Waals surface area contributed by atoms with Crippen LogP contribution in [0.5, 0.6) is 0 Å². The highest BCUT2D eigenvalue weighted by molar-refractivity contribution is 5.90. The Morgan fingerprint density at radius 2 is 2.04 bits per heavy atom. The number of hydrogen-bond acceptors (Lipinski definition) is 5. The summed E-state index contributed by atoms with van der Waals surface area (Å²) in [6.45, 7) is 8.27. The Morgan fingerprint density at radius 3 is 2.65 bits per heavy atom. The molecule has 0 aromatic rings. The van der Waals surface area contributed by atoms with Gasteiger partial charge in [-0.25, -0.2) is 0 Å². The van der Waals surface area contributed by atoms with Crippen LogP contribution in [0.3, 0.4) is 0 Å². The maximum atomic E-state index is 12.5. The number of ether oxygens (including phenoxy) is 2. The fraction of sp³-hybridized carbons (Fsp3) is 0.588. The van der Waals surface area contributed by atoms with Crippen LogP contribution in [0.2, 0.25) is 0 Å². The van der Waals surface area contributed by atoms with Gasteiger partial charge in [0.25, 0.3) is 5.91 Å². The van der Waals surface area contributed by atoms with E-state index in [0.717, 1.165) is 19.3 Å². The smallest absolute Gasteiger partial charge is 0.325 e. The maximum absolute atomic E-state index is 12.5. The normalized spacial score (nSPS) is 23.4. The summed E-state index contributed by atoms with van der Waals surface area (Å²) in [5, 5.41) is 2.52. The molecule has 1 saturated carbocycles. The minimum atomic E-state index is -1.21. The van der Waals surface area contributed by atoms with Crippen molar-refractivity contribution in [3.63, 3.8) is 0 Å². The lowest BCUT2D eigenvalue weighted by Gasteiger charge is -2.38. The van der Waals surface area contributed by atoms with Gasteiger partial charge < -0.3 is 14.8 Å². The number of nitrogens with one attached hydrogen (secondary N) is 1. The zero-order chi connectivity index (χ0) is 17.3. The van der Waals surface area contributed by atoms with Crippen LogP contribution in [-0.4, -0.2) is 36.6 Å². The molecular formula is C17H25NO5. The van der Waals surface area contributed by atoms with Gasteiger partial charge in [0, 0.05) is 6.92 Å². The van der Waals surface area contributed by atoms with Crippen molar-refractivity contribution in [1.82, 2.24) is 5.32 Å². The molecule has 0 radical (unpaired) electrons. The molecule has 23 heavy (non-hydrogen) atoms. The van der Waals surface area contributed by atoms with Gasteiger partial charge in [0.1, 0.15) is 13.2 Å². The Bertz CT molecular complexity index is 474. The van der Waals surface area contributed by atoms with Crippen LogP contribution in [0.4, 0.5) is 0 Å². The predicted molar refractivity (Wildman–Crippen MR) is 85.4 cm³/mol. The molecule has 1 N–H and O–H groups in total. The van der Waals surface area contributed by atoms with Crippen molar-refractivity contribution in [2.24, 2.45) is 5.92 Å². The van der Waals surface area contributed by atoms with E-state index < -0.39 is 23.4 Å².